The van der Waals surface area contributed by atoms with Crippen molar-refractivity contribution in [2.45, 2.75) is 39.0 Å². The predicted molar refractivity (Wildman–Crippen MR) is 84.5 cm³/mol. The lowest BCUT2D eigenvalue weighted by molar-refractivity contribution is -0.129. The maximum Gasteiger partial charge on any atom is 0.224 e. The molecule has 1 aromatic rings. The molecule has 116 valence electrons. The first-order chi connectivity index (χ1) is 10.2. The average Bonchev–Trinajstić information content (AvgIpc) is 3.01. The molecule has 0 spiro atoms. The van der Waals surface area contributed by atoms with E-state index >= 15 is 0 Å². The second kappa shape index (κ2) is 7.81. The molecule has 6 heteroatoms. The van der Waals surface area contributed by atoms with Crippen molar-refractivity contribution in [2.75, 3.05) is 37.3 Å². The molecule has 1 aliphatic rings. The van der Waals surface area contributed by atoms with Crippen LogP contribution in [0.1, 0.15) is 38.4 Å². The number of carbonyl (C=O) groups is 1. The first-order valence-corrected chi connectivity index (χ1v) is 7.80. The highest BCUT2D eigenvalue weighted by molar-refractivity contribution is 5.76. The van der Waals surface area contributed by atoms with Crippen LogP contribution in [0.2, 0.25) is 0 Å². The van der Waals surface area contributed by atoms with Crippen LogP contribution in [-0.4, -0.2) is 47.5 Å². The monoisotopic (exact) mass is 291 g/mol. The lowest BCUT2D eigenvalue weighted by Crippen LogP contribution is -2.29. The van der Waals surface area contributed by atoms with Crippen LogP contribution in [-0.2, 0) is 11.2 Å². The Morgan fingerprint density at radius 1 is 1.29 bits per heavy atom. The summed E-state index contributed by atoms with van der Waals surface area (Å²) in [6.45, 7) is 4.55. The molecule has 1 aromatic heterocycles. The van der Waals surface area contributed by atoms with E-state index in [4.69, 9.17) is 0 Å². The zero-order valence-corrected chi connectivity index (χ0v) is 13.0. The largest absolute Gasteiger partial charge is 0.373 e. The molecule has 0 radical (unpaired) electrons. The van der Waals surface area contributed by atoms with E-state index in [0.717, 1.165) is 56.2 Å². The van der Waals surface area contributed by atoms with Crippen molar-refractivity contribution in [1.82, 2.24) is 14.9 Å². The van der Waals surface area contributed by atoms with Gasteiger partial charge in [-0.05, 0) is 19.3 Å². The van der Waals surface area contributed by atoms with Crippen molar-refractivity contribution in [3.8, 4) is 0 Å². The Bertz CT molecular complexity index is 471. The van der Waals surface area contributed by atoms with Gasteiger partial charge in [0.1, 0.15) is 17.5 Å². The fourth-order valence-electron chi connectivity index (χ4n) is 2.47. The molecule has 6 nitrogen and oxygen atoms in total. The van der Waals surface area contributed by atoms with Gasteiger partial charge in [0.2, 0.25) is 5.91 Å². The Morgan fingerprint density at radius 3 is 2.67 bits per heavy atom. The van der Waals surface area contributed by atoms with E-state index in [1.54, 1.807) is 0 Å². The first-order valence-electron chi connectivity index (χ1n) is 7.80. The first kappa shape index (κ1) is 15.5. The number of carbonyl (C=O) groups excluding carboxylic acids is 1. The van der Waals surface area contributed by atoms with Crippen LogP contribution in [0.4, 0.5) is 11.6 Å². The highest BCUT2D eigenvalue weighted by Crippen LogP contribution is 2.13. The second-order valence-electron chi connectivity index (χ2n) is 5.32. The predicted octanol–water partition coefficient (Wildman–Crippen LogP) is 1.90. The summed E-state index contributed by atoms with van der Waals surface area (Å²) >= 11 is 0. The Morgan fingerprint density at radius 2 is 2.00 bits per heavy atom. The van der Waals surface area contributed by atoms with Gasteiger partial charge in [-0.3, -0.25) is 4.79 Å². The number of hydrogen-bond acceptors (Lipinski definition) is 5. The third-order valence-corrected chi connectivity index (χ3v) is 3.61. The minimum Gasteiger partial charge on any atom is -0.373 e. The molecule has 2 N–H and O–H groups in total. The molecule has 1 saturated heterocycles. The molecular formula is C15H25N5O. The summed E-state index contributed by atoms with van der Waals surface area (Å²) in [7, 11) is 1.85. The summed E-state index contributed by atoms with van der Waals surface area (Å²) in [5.41, 5.74) is 0. The van der Waals surface area contributed by atoms with Gasteiger partial charge in [0, 0.05) is 45.6 Å². The zero-order valence-electron chi connectivity index (χ0n) is 13.0. The smallest absolute Gasteiger partial charge is 0.224 e. The van der Waals surface area contributed by atoms with Gasteiger partial charge in [-0.25, -0.2) is 9.97 Å². The maximum absolute atomic E-state index is 12.0. The summed E-state index contributed by atoms with van der Waals surface area (Å²) < 4.78 is 0. The van der Waals surface area contributed by atoms with Crippen molar-refractivity contribution >= 4 is 17.5 Å². The molecular weight excluding hydrogens is 266 g/mol. The number of aromatic nitrogens is 2. The van der Waals surface area contributed by atoms with Gasteiger partial charge in [-0.1, -0.05) is 6.92 Å². The number of likely N-dealkylation sites (tertiary alicyclic amines) is 1. The maximum atomic E-state index is 12.0. The minimum atomic E-state index is 0.233. The lowest BCUT2D eigenvalue weighted by atomic mass is 10.3. The number of aryl methyl sites for hydroxylation is 1. The van der Waals surface area contributed by atoms with E-state index in [1.165, 1.54) is 0 Å². The van der Waals surface area contributed by atoms with Crippen molar-refractivity contribution in [1.29, 1.82) is 0 Å². The van der Waals surface area contributed by atoms with E-state index < -0.39 is 0 Å². The van der Waals surface area contributed by atoms with E-state index in [0.29, 0.717) is 13.0 Å². The van der Waals surface area contributed by atoms with E-state index in [2.05, 4.69) is 27.5 Å². The molecule has 0 saturated carbocycles. The average molecular weight is 291 g/mol. The highest BCUT2D eigenvalue weighted by Gasteiger charge is 2.17. The molecule has 0 atom stereocenters. The van der Waals surface area contributed by atoms with Crippen molar-refractivity contribution in [3.05, 3.63) is 11.9 Å². The molecule has 2 heterocycles. The Kier molecular flexibility index (Phi) is 5.78. The van der Waals surface area contributed by atoms with Gasteiger partial charge in [-0.15, -0.1) is 0 Å². The van der Waals surface area contributed by atoms with Crippen LogP contribution in [0.25, 0.3) is 0 Å². The number of nitrogens with zero attached hydrogens (tertiary/aromatic N) is 3. The Balaban J connectivity index is 1.86. The third-order valence-electron chi connectivity index (χ3n) is 3.61. The number of amides is 1. The Labute approximate surface area is 126 Å². The van der Waals surface area contributed by atoms with Crippen LogP contribution >= 0.6 is 0 Å². The molecule has 2 rings (SSSR count). The summed E-state index contributed by atoms with van der Waals surface area (Å²) in [6, 6.07) is 1.87. The van der Waals surface area contributed by atoms with E-state index in [9.17, 15) is 4.79 Å². The summed E-state index contributed by atoms with van der Waals surface area (Å²) in [5, 5.41) is 6.28. The fourth-order valence-corrected chi connectivity index (χ4v) is 2.47. The molecule has 1 aliphatic heterocycles. The third kappa shape index (κ3) is 4.58. The number of rotatable bonds is 7. The minimum absolute atomic E-state index is 0.233. The van der Waals surface area contributed by atoms with Crippen molar-refractivity contribution < 1.29 is 4.79 Å². The molecule has 0 unspecified atom stereocenters. The number of nitrogens with one attached hydrogen (secondary N) is 2. The lowest BCUT2D eigenvalue weighted by Gasteiger charge is -2.15. The molecule has 0 aromatic carbocycles. The van der Waals surface area contributed by atoms with Crippen LogP contribution in [0.15, 0.2) is 6.07 Å². The van der Waals surface area contributed by atoms with Gasteiger partial charge in [-0.2, -0.15) is 0 Å². The van der Waals surface area contributed by atoms with Gasteiger partial charge in [0.05, 0.1) is 0 Å². The molecule has 0 aliphatic carbocycles. The SMILES string of the molecule is CCCc1nc(NC)cc(NCCC(=O)N2CCCC2)n1. The summed E-state index contributed by atoms with van der Waals surface area (Å²) in [4.78, 5) is 22.8. The topological polar surface area (TPSA) is 70.2 Å². The zero-order chi connectivity index (χ0) is 15.1. The normalized spacial score (nSPS) is 14.3. The van der Waals surface area contributed by atoms with Gasteiger partial charge < -0.3 is 15.5 Å². The van der Waals surface area contributed by atoms with Crippen LogP contribution < -0.4 is 10.6 Å². The van der Waals surface area contributed by atoms with Gasteiger partial charge >= 0.3 is 0 Å². The highest BCUT2D eigenvalue weighted by atomic mass is 16.2. The molecule has 1 fully saturated rings. The molecule has 0 bridgehead atoms. The second-order valence-corrected chi connectivity index (χ2v) is 5.32. The van der Waals surface area contributed by atoms with Gasteiger partial charge in [0.25, 0.3) is 0 Å². The quantitative estimate of drug-likeness (QED) is 0.803. The number of hydrogen-bond donors (Lipinski definition) is 2. The fraction of sp³-hybridized carbons (Fsp3) is 0.667. The van der Waals surface area contributed by atoms with E-state index in [-0.39, 0.29) is 5.91 Å². The number of anilines is 2. The Hall–Kier alpha value is -1.85. The van der Waals surface area contributed by atoms with E-state index in [1.807, 2.05) is 18.0 Å². The summed E-state index contributed by atoms with van der Waals surface area (Å²) in [5.74, 6) is 2.66. The van der Waals surface area contributed by atoms with Crippen LogP contribution in [0.3, 0.4) is 0 Å². The standard InChI is InChI=1S/C15H25N5O/c1-3-6-12-18-13(16-2)11-14(19-12)17-8-7-15(21)20-9-4-5-10-20/h11H,3-10H2,1-2H3,(H2,16,17,18,19). The van der Waals surface area contributed by atoms with Crippen LogP contribution in [0, 0.1) is 0 Å². The molecule has 21 heavy (non-hydrogen) atoms. The van der Waals surface area contributed by atoms with Gasteiger partial charge in [0.15, 0.2) is 0 Å². The summed E-state index contributed by atoms with van der Waals surface area (Å²) in [6.07, 6.45) is 4.66. The van der Waals surface area contributed by atoms with Crippen molar-refractivity contribution in [3.63, 3.8) is 0 Å². The van der Waals surface area contributed by atoms with Crippen LogP contribution in [0.5, 0.6) is 0 Å². The molecule has 1 amide bonds. The van der Waals surface area contributed by atoms with Crippen molar-refractivity contribution in [2.24, 2.45) is 0 Å².